The van der Waals surface area contributed by atoms with Crippen molar-refractivity contribution in [3.05, 3.63) is 63.5 Å². The summed E-state index contributed by atoms with van der Waals surface area (Å²) in [7, 11) is 0. The average Bonchev–Trinajstić information content (AvgIpc) is 3.46. The predicted octanol–water partition coefficient (Wildman–Crippen LogP) is 4.44. The number of nitrogens with zero attached hydrogens (tertiary/aromatic N) is 3. The van der Waals surface area contributed by atoms with E-state index in [9.17, 15) is 37.8 Å². The van der Waals surface area contributed by atoms with Gasteiger partial charge in [-0.25, -0.2) is 19.6 Å². The minimum atomic E-state index is -4.69. The zero-order valence-corrected chi connectivity index (χ0v) is 24.0. The molecule has 2 atom stereocenters. The second-order valence-electron chi connectivity index (χ2n) is 9.36. The van der Waals surface area contributed by atoms with E-state index in [2.05, 4.69) is 20.6 Å². The zero-order valence-electron chi connectivity index (χ0n) is 23.2. The molecule has 4 N–H and O–H groups in total. The number of aromatic nitrogens is 3. The normalized spacial score (nSPS) is 13.0. The number of ether oxygens (including phenoxy) is 1. The number of esters is 1. The third kappa shape index (κ3) is 6.68. The SMILES string of the molecule is CCNC(=O)Nc1cc(-c2nc(C(F)(F)F)cs2)c(-c2ccc3c(c2)c(=O)c(C(=O)OCC)cn3C(CO)C(C)O)cn1. The number of fused-ring (bicyclic) bond motifs is 1. The summed E-state index contributed by atoms with van der Waals surface area (Å²) in [4.78, 5) is 46.3. The molecule has 0 bridgehead atoms. The Hall–Kier alpha value is -4.34. The highest BCUT2D eigenvalue weighted by atomic mass is 32.1. The van der Waals surface area contributed by atoms with Gasteiger partial charge in [-0.1, -0.05) is 6.07 Å². The number of pyridine rings is 2. The highest BCUT2D eigenvalue weighted by Gasteiger charge is 2.34. The van der Waals surface area contributed by atoms with Crippen molar-refractivity contribution in [1.82, 2.24) is 19.9 Å². The minimum Gasteiger partial charge on any atom is -0.462 e. The first-order chi connectivity index (χ1) is 20.4. The predicted molar refractivity (Wildman–Crippen MR) is 154 cm³/mol. The van der Waals surface area contributed by atoms with E-state index in [0.29, 0.717) is 12.1 Å². The summed E-state index contributed by atoms with van der Waals surface area (Å²) in [6.07, 6.45) is -3.21. The molecule has 3 heterocycles. The molecule has 15 heteroatoms. The van der Waals surface area contributed by atoms with Crippen LogP contribution in [0.4, 0.5) is 23.8 Å². The highest BCUT2D eigenvalue weighted by Crippen LogP contribution is 2.39. The van der Waals surface area contributed by atoms with E-state index in [1.165, 1.54) is 42.1 Å². The van der Waals surface area contributed by atoms with Crippen LogP contribution >= 0.6 is 11.3 Å². The van der Waals surface area contributed by atoms with Gasteiger partial charge in [0.25, 0.3) is 0 Å². The van der Waals surface area contributed by atoms with Crippen LogP contribution in [0.3, 0.4) is 0 Å². The topological polar surface area (TPSA) is 156 Å². The number of halogens is 3. The van der Waals surface area contributed by atoms with Crippen LogP contribution in [-0.4, -0.2) is 62.6 Å². The number of hydrogen-bond donors (Lipinski definition) is 4. The van der Waals surface area contributed by atoms with E-state index in [4.69, 9.17) is 4.74 Å². The molecule has 0 saturated carbocycles. The molecule has 0 radical (unpaired) electrons. The maximum absolute atomic E-state index is 13.5. The van der Waals surface area contributed by atoms with Gasteiger partial charge >= 0.3 is 18.2 Å². The van der Waals surface area contributed by atoms with E-state index < -0.39 is 48.1 Å². The molecule has 43 heavy (non-hydrogen) atoms. The molecule has 2 amide bonds. The lowest BCUT2D eigenvalue weighted by atomic mass is 9.98. The molecule has 0 fully saturated rings. The third-order valence-corrected chi connectivity index (χ3v) is 7.32. The number of amides is 2. The van der Waals surface area contributed by atoms with Gasteiger partial charge in [0.15, 0.2) is 5.69 Å². The fraction of sp³-hybridized carbons (Fsp3) is 0.321. The Kier molecular flexibility index (Phi) is 9.47. The molecule has 3 aromatic heterocycles. The van der Waals surface area contributed by atoms with Gasteiger partial charge in [-0.15, -0.1) is 11.3 Å². The maximum atomic E-state index is 13.5. The van der Waals surface area contributed by atoms with E-state index in [1.807, 2.05) is 0 Å². The number of carbonyl (C=O) groups is 2. The smallest absolute Gasteiger partial charge is 0.434 e. The standard InChI is InChI=1S/C28H28F3N5O6S/c1-4-32-27(41)35-23-9-16(25-34-22(13-43-25)28(29,30)31)18(10-33-23)15-6-7-20-17(8-15)24(39)19(26(40)42-5-2)11-36(20)21(12-37)14(3)38/h6-11,13-14,21,37-38H,4-5,12H2,1-3H3,(H2,32,33,35,41). The van der Waals surface area contributed by atoms with Crippen molar-refractivity contribution in [1.29, 1.82) is 0 Å². The molecule has 4 aromatic rings. The number of aliphatic hydroxyl groups is 2. The first-order valence-electron chi connectivity index (χ1n) is 13.1. The van der Waals surface area contributed by atoms with Crippen molar-refractivity contribution in [2.45, 2.75) is 39.1 Å². The molecule has 11 nitrogen and oxygen atoms in total. The maximum Gasteiger partial charge on any atom is 0.434 e. The monoisotopic (exact) mass is 619 g/mol. The molecule has 4 rings (SSSR count). The Labute approximate surface area is 247 Å². The Morgan fingerprint density at radius 2 is 1.93 bits per heavy atom. The number of urea groups is 1. The van der Waals surface area contributed by atoms with Crippen molar-refractivity contribution in [2.75, 3.05) is 25.1 Å². The van der Waals surface area contributed by atoms with Crippen molar-refractivity contribution < 1.29 is 37.7 Å². The second kappa shape index (κ2) is 12.9. The van der Waals surface area contributed by atoms with Crippen molar-refractivity contribution in [2.24, 2.45) is 0 Å². The summed E-state index contributed by atoms with van der Waals surface area (Å²) < 4.78 is 46.6. The number of anilines is 1. The van der Waals surface area contributed by atoms with Gasteiger partial charge in [-0.3, -0.25) is 10.1 Å². The summed E-state index contributed by atoms with van der Waals surface area (Å²) in [6.45, 7) is 4.53. The molecule has 2 unspecified atom stereocenters. The number of hydrogen-bond acceptors (Lipinski definition) is 9. The van der Waals surface area contributed by atoms with Gasteiger partial charge in [0, 0.05) is 40.8 Å². The van der Waals surface area contributed by atoms with Gasteiger partial charge in [0.1, 0.15) is 16.4 Å². The molecule has 0 spiro atoms. The van der Waals surface area contributed by atoms with Crippen LogP contribution < -0.4 is 16.1 Å². The number of rotatable bonds is 9. The highest BCUT2D eigenvalue weighted by molar-refractivity contribution is 7.13. The third-order valence-electron chi connectivity index (χ3n) is 6.45. The summed E-state index contributed by atoms with van der Waals surface area (Å²) >= 11 is 0.738. The first-order valence-corrected chi connectivity index (χ1v) is 14.0. The van der Waals surface area contributed by atoms with Crippen LogP contribution in [-0.2, 0) is 10.9 Å². The zero-order chi connectivity index (χ0) is 31.5. The second-order valence-corrected chi connectivity index (χ2v) is 10.2. The quantitative estimate of drug-likeness (QED) is 0.201. The number of nitrogens with one attached hydrogen (secondary N) is 2. The molecule has 228 valence electrons. The van der Waals surface area contributed by atoms with Crippen LogP contribution in [0, 0.1) is 0 Å². The summed E-state index contributed by atoms with van der Waals surface area (Å²) in [5, 5.41) is 26.2. The first kappa shape index (κ1) is 31.6. The Morgan fingerprint density at radius 1 is 1.19 bits per heavy atom. The van der Waals surface area contributed by atoms with Crippen LogP contribution in [0.5, 0.6) is 0 Å². The van der Waals surface area contributed by atoms with Crippen LogP contribution in [0.2, 0.25) is 0 Å². The lowest BCUT2D eigenvalue weighted by Gasteiger charge is -2.24. The van der Waals surface area contributed by atoms with E-state index in [0.717, 1.165) is 16.7 Å². The fourth-order valence-corrected chi connectivity index (χ4v) is 5.26. The molecule has 0 aliphatic heterocycles. The summed E-state index contributed by atoms with van der Waals surface area (Å²) in [6, 6.07) is 4.42. The largest absolute Gasteiger partial charge is 0.462 e. The lowest BCUT2D eigenvalue weighted by Crippen LogP contribution is -2.29. The van der Waals surface area contributed by atoms with Gasteiger partial charge in [-0.2, -0.15) is 13.2 Å². The fourth-order valence-electron chi connectivity index (χ4n) is 4.40. The number of benzene rings is 1. The van der Waals surface area contributed by atoms with E-state index in [-0.39, 0.29) is 45.0 Å². The molecule has 0 aliphatic carbocycles. The van der Waals surface area contributed by atoms with Crippen LogP contribution in [0.1, 0.15) is 42.9 Å². The molecular weight excluding hydrogens is 591 g/mol. The van der Waals surface area contributed by atoms with Crippen molar-refractivity contribution in [3.63, 3.8) is 0 Å². The van der Waals surface area contributed by atoms with Gasteiger partial charge in [0.05, 0.1) is 30.9 Å². The van der Waals surface area contributed by atoms with Gasteiger partial charge in [-0.05, 0) is 44.5 Å². The van der Waals surface area contributed by atoms with Gasteiger partial charge in [0.2, 0.25) is 5.43 Å². The number of thiazole rings is 1. The molecule has 1 aromatic carbocycles. The van der Waals surface area contributed by atoms with E-state index >= 15 is 0 Å². The van der Waals surface area contributed by atoms with Gasteiger partial charge < -0.3 is 24.8 Å². The Balaban J connectivity index is 1.97. The Morgan fingerprint density at radius 3 is 2.53 bits per heavy atom. The van der Waals surface area contributed by atoms with Crippen molar-refractivity contribution >= 4 is 40.1 Å². The van der Waals surface area contributed by atoms with Crippen LogP contribution in [0.15, 0.2) is 46.8 Å². The van der Waals surface area contributed by atoms with E-state index in [1.54, 1.807) is 19.9 Å². The molecule has 0 aliphatic rings. The van der Waals surface area contributed by atoms with Crippen molar-refractivity contribution in [3.8, 4) is 21.7 Å². The average molecular weight is 620 g/mol. The molecular formula is C28H28F3N5O6S. The van der Waals surface area contributed by atoms with Crippen LogP contribution in [0.25, 0.3) is 32.6 Å². The number of aliphatic hydroxyl groups excluding tert-OH is 2. The number of carbonyl (C=O) groups excluding carboxylic acids is 2. The summed E-state index contributed by atoms with van der Waals surface area (Å²) in [5.74, 6) is -0.856. The minimum absolute atomic E-state index is 0.00436. The Bertz CT molecular complexity index is 1720. The molecule has 0 saturated heterocycles. The summed E-state index contributed by atoms with van der Waals surface area (Å²) in [5.41, 5.74) is -1.02. The lowest BCUT2D eigenvalue weighted by molar-refractivity contribution is -0.140. The number of alkyl halides is 3.